The number of rotatable bonds is 2. The second kappa shape index (κ2) is 5.33. The van der Waals surface area contributed by atoms with Crippen molar-refractivity contribution in [1.82, 2.24) is 9.80 Å². The maximum Gasteiger partial charge on any atom is 0.240 e. The molecule has 0 aromatic heterocycles. The van der Waals surface area contributed by atoms with E-state index in [1.165, 1.54) is 25.9 Å². The average molecular weight is 221 g/mol. The molecule has 2 aliphatic heterocycles. The highest BCUT2D eigenvalue weighted by Crippen LogP contribution is 2.08. The van der Waals surface area contributed by atoms with Gasteiger partial charge in [-0.25, -0.2) is 0 Å². The highest BCUT2D eigenvalue weighted by atomic mass is 16.2. The van der Waals surface area contributed by atoms with Crippen LogP contribution in [0.25, 0.3) is 0 Å². The van der Waals surface area contributed by atoms with E-state index in [1.807, 2.05) is 0 Å². The van der Waals surface area contributed by atoms with Crippen LogP contribution in [-0.4, -0.2) is 54.5 Å². The number of nitrogens with zero attached hydrogens (tertiary/aromatic N) is 2. The molecule has 0 aliphatic carbocycles. The van der Waals surface area contributed by atoms with Gasteiger partial charge in [0.25, 0.3) is 0 Å². The van der Waals surface area contributed by atoms with E-state index in [0.29, 0.717) is 6.54 Å². The molecule has 1 unspecified atom stereocenters. The fourth-order valence-corrected chi connectivity index (χ4v) is 2.18. The first-order valence-electron chi connectivity index (χ1n) is 6.00. The largest absolute Gasteiger partial charge is 0.330 e. The van der Waals surface area contributed by atoms with Gasteiger partial charge in [-0.15, -0.1) is 0 Å². The number of nitrogens with two attached hydrogens (primary N) is 1. The van der Waals surface area contributed by atoms with Crippen LogP contribution in [0.2, 0.25) is 0 Å². The smallest absolute Gasteiger partial charge is 0.240 e. The zero-order valence-electron chi connectivity index (χ0n) is 9.61. The van der Waals surface area contributed by atoms with Gasteiger partial charge in [-0.1, -0.05) is 11.8 Å². The summed E-state index contributed by atoms with van der Waals surface area (Å²) in [5.74, 6) is 6.25. The molecule has 1 atom stereocenters. The summed E-state index contributed by atoms with van der Waals surface area (Å²) in [4.78, 5) is 15.6. The topological polar surface area (TPSA) is 49.6 Å². The summed E-state index contributed by atoms with van der Waals surface area (Å²) in [7, 11) is 0. The van der Waals surface area contributed by atoms with Crippen molar-refractivity contribution >= 4 is 5.91 Å². The predicted molar refractivity (Wildman–Crippen MR) is 62.6 cm³/mol. The standard InChI is InChI=1S/C12H19N3O/c13-11-5-10-15(12(11)16)9-4-3-8-14-6-1-2-7-14/h11H,1-2,5-10,13H2. The molecule has 1 amide bonds. The fourth-order valence-electron chi connectivity index (χ4n) is 2.18. The van der Waals surface area contributed by atoms with E-state index in [0.717, 1.165) is 19.5 Å². The van der Waals surface area contributed by atoms with E-state index >= 15 is 0 Å². The summed E-state index contributed by atoms with van der Waals surface area (Å²) in [6.45, 7) is 4.48. The Hall–Kier alpha value is -1.05. The van der Waals surface area contributed by atoms with E-state index in [2.05, 4.69) is 16.7 Å². The first-order chi connectivity index (χ1) is 7.77. The lowest BCUT2D eigenvalue weighted by atomic mass is 10.3. The summed E-state index contributed by atoms with van der Waals surface area (Å²) in [6.07, 6.45) is 3.36. The Morgan fingerprint density at radius 1 is 1.19 bits per heavy atom. The molecular formula is C12H19N3O. The van der Waals surface area contributed by atoms with Crippen LogP contribution < -0.4 is 5.73 Å². The molecule has 2 fully saturated rings. The van der Waals surface area contributed by atoms with Crippen LogP contribution in [0.4, 0.5) is 0 Å². The Kier molecular flexibility index (Phi) is 3.81. The Morgan fingerprint density at radius 3 is 2.50 bits per heavy atom. The number of hydrogen-bond acceptors (Lipinski definition) is 3. The molecule has 0 saturated carbocycles. The van der Waals surface area contributed by atoms with Gasteiger partial charge >= 0.3 is 0 Å². The van der Waals surface area contributed by atoms with Crippen molar-refractivity contribution in [2.75, 3.05) is 32.7 Å². The molecule has 16 heavy (non-hydrogen) atoms. The molecule has 0 aromatic rings. The van der Waals surface area contributed by atoms with Crippen LogP contribution in [0.3, 0.4) is 0 Å². The van der Waals surface area contributed by atoms with Crippen LogP contribution >= 0.6 is 0 Å². The molecule has 2 N–H and O–H groups in total. The summed E-state index contributed by atoms with van der Waals surface area (Å²) >= 11 is 0. The van der Waals surface area contributed by atoms with Crippen molar-refractivity contribution in [3.8, 4) is 11.8 Å². The first-order valence-corrected chi connectivity index (χ1v) is 6.00. The normalized spacial score (nSPS) is 25.9. The van der Waals surface area contributed by atoms with Crippen molar-refractivity contribution in [3.05, 3.63) is 0 Å². The third kappa shape index (κ3) is 2.75. The Labute approximate surface area is 96.8 Å². The Balaban J connectivity index is 1.70. The second-order valence-electron chi connectivity index (χ2n) is 4.49. The molecular weight excluding hydrogens is 202 g/mol. The van der Waals surface area contributed by atoms with Gasteiger partial charge in [-0.05, 0) is 32.4 Å². The van der Waals surface area contributed by atoms with Crippen molar-refractivity contribution in [1.29, 1.82) is 0 Å². The highest BCUT2D eigenvalue weighted by Gasteiger charge is 2.27. The minimum Gasteiger partial charge on any atom is -0.330 e. The van der Waals surface area contributed by atoms with Gasteiger partial charge in [-0.3, -0.25) is 9.69 Å². The maximum atomic E-state index is 11.5. The van der Waals surface area contributed by atoms with Crippen molar-refractivity contribution < 1.29 is 4.79 Å². The Morgan fingerprint density at radius 2 is 1.88 bits per heavy atom. The third-order valence-corrected chi connectivity index (χ3v) is 3.24. The number of amides is 1. The van der Waals surface area contributed by atoms with Gasteiger partial charge < -0.3 is 10.6 Å². The zero-order chi connectivity index (χ0) is 11.4. The van der Waals surface area contributed by atoms with Gasteiger partial charge in [0, 0.05) is 6.54 Å². The number of carbonyl (C=O) groups is 1. The van der Waals surface area contributed by atoms with E-state index in [9.17, 15) is 4.79 Å². The number of carbonyl (C=O) groups excluding carboxylic acids is 1. The average Bonchev–Trinajstić information content (AvgIpc) is 2.88. The van der Waals surface area contributed by atoms with Gasteiger partial charge in [0.15, 0.2) is 0 Å². The van der Waals surface area contributed by atoms with Gasteiger partial charge in [0.05, 0.1) is 19.1 Å². The number of likely N-dealkylation sites (tertiary alicyclic amines) is 2. The van der Waals surface area contributed by atoms with Gasteiger partial charge in [0.1, 0.15) is 0 Å². The van der Waals surface area contributed by atoms with Crippen LogP contribution in [-0.2, 0) is 4.79 Å². The van der Waals surface area contributed by atoms with E-state index in [4.69, 9.17) is 5.73 Å². The predicted octanol–water partition coefficient (Wildman–Crippen LogP) is -0.355. The molecule has 4 nitrogen and oxygen atoms in total. The van der Waals surface area contributed by atoms with E-state index in [1.54, 1.807) is 4.90 Å². The van der Waals surface area contributed by atoms with Gasteiger partial charge in [-0.2, -0.15) is 0 Å². The van der Waals surface area contributed by atoms with Crippen LogP contribution in [0.5, 0.6) is 0 Å². The molecule has 2 rings (SSSR count). The molecule has 2 saturated heterocycles. The SMILES string of the molecule is NC1CCN(CC#CCN2CCCC2)C1=O. The lowest BCUT2D eigenvalue weighted by Crippen LogP contribution is -2.34. The van der Waals surface area contributed by atoms with Crippen molar-refractivity contribution in [2.45, 2.75) is 25.3 Å². The monoisotopic (exact) mass is 221 g/mol. The quantitative estimate of drug-likeness (QED) is 0.648. The van der Waals surface area contributed by atoms with E-state index < -0.39 is 0 Å². The molecule has 2 heterocycles. The summed E-state index contributed by atoms with van der Waals surface area (Å²) in [6, 6.07) is -0.291. The van der Waals surface area contributed by atoms with E-state index in [-0.39, 0.29) is 11.9 Å². The zero-order valence-corrected chi connectivity index (χ0v) is 9.61. The summed E-state index contributed by atoms with van der Waals surface area (Å²) in [5, 5.41) is 0. The molecule has 0 bridgehead atoms. The molecule has 0 spiro atoms. The first kappa shape index (κ1) is 11.4. The third-order valence-electron chi connectivity index (χ3n) is 3.24. The highest BCUT2D eigenvalue weighted by molar-refractivity contribution is 5.83. The van der Waals surface area contributed by atoms with Crippen molar-refractivity contribution in [3.63, 3.8) is 0 Å². The molecule has 0 radical (unpaired) electrons. The van der Waals surface area contributed by atoms with Crippen LogP contribution in [0, 0.1) is 11.8 Å². The molecule has 88 valence electrons. The second-order valence-corrected chi connectivity index (χ2v) is 4.49. The maximum absolute atomic E-state index is 11.5. The van der Waals surface area contributed by atoms with Crippen molar-refractivity contribution in [2.24, 2.45) is 5.73 Å². The molecule has 4 heteroatoms. The van der Waals surface area contributed by atoms with Crippen LogP contribution in [0.15, 0.2) is 0 Å². The lowest BCUT2D eigenvalue weighted by molar-refractivity contribution is -0.128. The minimum atomic E-state index is -0.291. The number of hydrogen-bond donors (Lipinski definition) is 1. The molecule has 2 aliphatic rings. The summed E-state index contributed by atoms with van der Waals surface area (Å²) < 4.78 is 0. The Bertz CT molecular complexity index is 312. The van der Waals surface area contributed by atoms with Crippen LogP contribution in [0.1, 0.15) is 19.3 Å². The minimum absolute atomic E-state index is 0.0514. The molecule has 0 aromatic carbocycles. The lowest BCUT2D eigenvalue weighted by Gasteiger charge is -2.12. The van der Waals surface area contributed by atoms with Gasteiger partial charge in [0.2, 0.25) is 5.91 Å². The summed E-state index contributed by atoms with van der Waals surface area (Å²) in [5.41, 5.74) is 5.62. The fraction of sp³-hybridized carbons (Fsp3) is 0.750.